The van der Waals surface area contributed by atoms with Crippen LogP contribution in [0, 0.1) is 11.3 Å². The number of rotatable bonds is 3. The van der Waals surface area contributed by atoms with Gasteiger partial charge in [0.1, 0.15) is 0 Å². The van der Waals surface area contributed by atoms with Crippen molar-refractivity contribution in [3.63, 3.8) is 0 Å². The van der Waals surface area contributed by atoms with Gasteiger partial charge in [-0.15, -0.1) is 0 Å². The van der Waals surface area contributed by atoms with Crippen LogP contribution in [0.25, 0.3) is 0 Å². The molecule has 0 N–H and O–H groups in total. The molecular weight excluding hydrogens is 156 g/mol. The Morgan fingerprint density at radius 2 is 1.83 bits per heavy atom. The number of hydrogen-bond donors (Lipinski definition) is 0. The molecule has 1 rings (SSSR count). The highest BCUT2D eigenvalue weighted by atomic mass is 16.5. The van der Waals surface area contributed by atoms with E-state index in [1.54, 1.807) is 14.2 Å². The van der Waals surface area contributed by atoms with Crippen molar-refractivity contribution < 1.29 is 9.47 Å². The number of methoxy groups -OCH3 is 2. The Kier molecular flexibility index (Phi) is 3.48. The van der Waals surface area contributed by atoms with Gasteiger partial charge in [0, 0.05) is 27.3 Å². The van der Waals surface area contributed by atoms with E-state index < -0.39 is 0 Å². The molecule has 1 heterocycles. The minimum absolute atomic E-state index is 0.114. The van der Waals surface area contributed by atoms with Crippen molar-refractivity contribution in [2.45, 2.75) is 12.2 Å². The summed E-state index contributed by atoms with van der Waals surface area (Å²) in [4.78, 5) is 2.03. The first kappa shape index (κ1) is 9.46. The number of nitrogens with zero attached hydrogens (tertiary/aromatic N) is 2. The zero-order chi connectivity index (χ0) is 8.97. The monoisotopic (exact) mass is 170 g/mol. The van der Waals surface area contributed by atoms with Crippen molar-refractivity contribution in [3.8, 4) is 6.07 Å². The van der Waals surface area contributed by atoms with E-state index in [2.05, 4.69) is 6.07 Å². The lowest BCUT2D eigenvalue weighted by Crippen LogP contribution is -2.27. The molecule has 4 nitrogen and oxygen atoms in total. The molecule has 2 atom stereocenters. The summed E-state index contributed by atoms with van der Waals surface area (Å²) in [5.74, 6) is 0. The molecule has 1 fully saturated rings. The smallest absolute Gasteiger partial charge is 0.0972 e. The second-order valence-corrected chi connectivity index (χ2v) is 2.90. The molecule has 68 valence electrons. The largest absolute Gasteiger partial charge is 0.377 e. The molecular formula is C8H14N2O2. The van der Waals surface area contributed by atoms with Crippen molar-refractivity contribution in [3.05, 3.63) is 0 Å². The molecule has 0 aromatic heterocycles. The molecule has 0 aromatic rings. The minimum atomic E-state index is 0.114. The van der Waals surface area contributed by atoms with Crippen molar-refractivity contribution in [1.82, 2.24) is 4.90 Å². The van der Waals surface area contributed by atoms with Gasteiger partial charge >= 0.3 is 0 Å². The fraction of sp³-hybridized carbons (Fsp3) is 0.875. The zero-order valence-corrected chi connectivity index (χ0v) is 7.49. The Hall–Kier alpha value is -0.630. The van der Waals surface area contributed by atoms with Crippen molar-refractivity contribution >= 4 is 0 Å². The Morgan fingerprint density at radius 1 is 1.33 bits per heavy atom. The molecule has 4 heteroatoms. The molecule has 0 aromatic carbocycles. The van der Waals surface area contributed by atoms with E-state index >= 15 is 0 Å². The average Bonchev–Trinajstić information content (AvgIpc) is 2.48. The Balaban J connectivity index is 2.43. The maximum Gasteiger partial charge on any atom is 0.0972 e. The Morgan fingerprint density at radius 3 is 2.17 bits per heavy atom. The fourth-order valence-electron chi connectivity index (χ4n) is 1.50. The summed E-state index contributed by atoms with van der Waals surface area (Å²) in [7, 11) is 3.35. The van der Waals surface area contributed by atoms with Gasteiger partial charge in [-0.25, -0.2) is 0 Å². The van der Waals surface area contributed by atoms with Gasteiger partial charge in [-0.3, -0.25) is 4.90 Å². The second kappa shape index (κ2) is 4.41. The summed E-state index contributed by atoms with van der Waals surface area (Å²) in [5, 5.41) is 8.47. The van der Waals surface area contributed by atoms with Crippen LogP contribution in [0.4, 0.5) is 0 Å². The van der Waals surface area contributed by atoms with Crippen LogP contribution in [-0.2, 0) is 9.47 Å². The first-order chi connectivity index (χ1) is 5.81. The van der Waals surface area contributed by atoms with Crippen LogP contribution in [-0.4, -0.2) is 51.0 Å². The maximum absolute atomic E-state index is 8.47. The highest BCUT2D eigenvalue weighted by Crippen LogP contribution is 2.14. The molecule has 0 radical (unpaired) electrons. The first-order valence-corrected chi connectivity index (χ1v) is 3.96. The molecule has 1 aliphatic rings. The number of hydrogen-bond acceptors (Lipinski definition) is 4. The van der Waals surface area contributed by atoms with Crippen LogP contribution in [0.1, 0.15) is 0 Å². The normalized spacial score (nSPS) is 30.4. The quantitative estimate of drug-likeness (QED) is 0.553. The van der Waals surface area contributed by atoms with Crippen LogP contribution in [0.5, 0.6) is 0 Å². The van der Waals surface area contributed by atoms with Crippen molar-refractivity contribution in [1.29, 1.82) is 5.26 Å². The summed E-state index contributed by atoms with van der Waals surface area (Å²) >= 11 is 0. The van der Waals surface area contributed by atoms with Gasteiger partial charge in [-0.1, -0.05) is 0 Å². The number of likely N-dealkylation sites (tertiary alicyclic amines) is 1. The van der Waals surface area contributed by atoms with E-state index in [1.165, 1.54) is 0 Å². The lowest BCUT2D eigenvalue weighted by molar-refractivity contribution is -0.00461. The molecule has 0 spiro atoms. The van der Waals surface area contributed by atoms with Crippen molar-refractivity contribution in [2.75, 3.05) is 33.9 Å². The third-order valence-corrected chi connectivity index (χ3v) is 2.19. The van der Waals surface area contributed by atoms with Crippen LogP contribution < -0.4 is 0 Å². The van der Waals surface area contributed by atoms with E-state index in [0.29, 0.717) is 6.54 Å². The lowest BCUT2D eigenvalue weighted by atomic mass is 10.3. The zero-order valence-electron chi connectivity index (χ0n) is 7.49. The van der Waals surface area contributed by atoms with Gasteiger partial charge < -0.3 is 9.47 Å². The van der Waals surface area contributed by atoms with Crippen molar-refractivity contribution in [2.24, 2.45) is 0 Å². The summed E-state index contributed by atoms with van der Waals surface area (Å²) in [6.45, 7) is 2.05. The summed E-state index contributed by atoms with van der Waals surface area (Å²) in [6, 6.07) is 2.11. The number of ether oxygens (including phenoxy) is 2. The molecule has 1 aliphatic heterocycles. The second-order valence-electron chi connectivity index (χ2n) is 2.90. The van der Waals surface area contributed by atoms with Gasteiger partial charge in [0.05, 0.1) is 24.8 Å². The van der Waals surface area contributed by atoms with Gasteiger partial charge in [-0.2, -0.15) is 5.26 Å². The number of nitriles is 1. The fourth-order valence-corrected chi connectivity index (χ4v) is 1.50. The topological polar surface area (TPSA) is 45.5 Å². The average molecular weight is 170 g/mol. The van der Waals surface area contributed by atoms with Crippen LogP contribution in [0.15, 0.2) is 0 Å². The lowest BCUT2D eigenvalue weighted by Gasteiger charge is -2.13. The van der Waals surface area contributed by atoms with Crippen LogP contribution in [0.3, 0.4) is 0 Å². The van der Waals surface area contributed by atoms with Gasteiger partial charge in [0.2, 0.25) is 0 Å². The highest BCUT2D eigenvalue weighted by molar-refractivity contribution is 4.89. The van der Waals surface area contributed by atoms with E-state index in [0.717, 1.165) is 13.1 Å². The van der Waals surface area contributed by atoms with E-state index in [1.807, 2.05) is 4.90 Å². The molecule has 1 saturated heterocycles. The highest BCUT2D eigenvalue weighted by Gasteiger charge is 2.32. The standard InChI is InChI=1S/C8H14N2O2/c1-11-7-5-10(4-3-9)6-8(7)12-2/h7-8H,4-6H2,1-2H3. The Bertz CT molecular complexity index is 166. The van der Waals surface area contributed by atoms with E-state index in [9.17, 15) is 0 Å². The predicted octanol–water partition coefficient (Wildman–Crippen LogP) is -0.144. The van der Waals surface area contributed by atoms with E-state index in [4.69, 9.17) is 14.7 Å². The summed E-state index contributed by atoms with van der Waals surface area (Å²) in [6.07, 6.45) is 0.228. The minimum Gasteiger partial charge on any atom is -0.377 e. The molecule has 0 aliphatic carbocycles. The SMILES string of the molecule is COC1CN(CC#N)CC1OC. The van der Waals surface area contributed by atoms with E-state index in [-0.39, 0.29) is 12.2 Å². The molecule has 2 unspecified atom stereocenters. The first-order valence-electron chi connectivity index (χ1n) is 3.96. The van der Waals surface area contributed by atoms with Gasteiger partial charge in [0.15, 0.2) is 0 Å². The van der Waals surface area contributed by atoms with Gasteiger partial charge in [0.25, 0.3) is 0 Å². The molecule has 0 saturated carbocycles. The summed E-state index contributed by atoms with van der Waals surface area (Å²) in [5.41, 5.74) is 0. The summed E-state index contributed by atoms with van der Waals surface area (Å²) < 4.78 is 10.4. The maximum atomic E-state index is 8.47. The van der Waals surface area contributed by atoms with Crippen LogP contribution in [0.2, 0.25) is 0 Å². The Labute approximate surface area is 72.7 Å². The molecule has 0 bridgehead atoms. The predicted molar refractivity (Wildman–Crippen MR) is 43.6 cm³/mol. The molecule has 12 heavy (non-hydrogen) atoms. The molecule has 0 amide bonds. The van der Waals surface area contributed by atoms with Gasteiger partial charge in [-0.05, 0) is 0 Å². The third kappa shape index (κ3) is 1.95. The third-order valence-electron chi connectivity index (χ3n) is 2.19. The van der Waals surface area contributed by atoms with Crippen LogP contribution >= 0.6 is 0 Å².